The number of nitrogens with zero attached hydrogens (tertiary/aromatic N) is 1. The van der Waals surface area contributed by atoms with Gasteiger partial charge in [-0.1, -0.05) is 20.8 Å². The highest BCUT2D eigenvalue weighted by Gasteiger charge is 2.29. The number of sulfonamides is 1. The predicted octanol–water partition coefficient (Wildman–Crippen LogP) is 0.808. The first kappa shape index (κ1) is 18.9. The van der Waals surface area contributed by atoms with E-state index in [0.717, 1.165) is 0 Å². The number of carbonyl (C=O) groups excluding carboxylic acids is 1. The fourth-order valence-corrected chi connectivity index (χ4v) is 3.80. The molecule has 1 unspecified atom stereocenters. The van der Waals surface area contributed by atoms with Gasteiger partial charge in [0.25, 0.3) is 0 Å². The quantitative estimate of drug-likeness (QED) is 0.717. The molecule has 22 heavy (non-hydrogen) atoms. The van der Waals surface area contributed by atoms with Gasteiger partial charge in [-0.05, 0) is 24.7 Å². The van der Waals surface area contributed by atoms with Crippen LogP contribution in [0.15, 0.2) is 0 Å². The maximum Gasteiger partial charge on any atom is 0.326 e. The van der Waals surface area contributed by atoms with Crippen molar-refractivity contribution < 1.29 is 23.1 Å². The molecule has 1 aliphatic heterocycles. The van der Waals surface area contributed by atoms with Gasteiger partial charge >= 0.3 is 5.97 Å². The Morgan fingerprint density at radius 2 is 1.95 bits per heavy atom. The number of carboxylic acids is 1. The monoisotopic (exact) mass is 334 g/mol. The van der Waals surface area contributed by atoms with Crippen LogP contribution in [0.3, 0.4) is 0 Å². The van der Waals surface area contributed by atoms with E-state index in [0.29, 0.717) is 25.8 Å². The van der Waals surface area contributed by atoms with Crippen molar-refractivity contribution in [2.75, 3.05) is 18.8 Å². The number of nitrogens with one attached hydrogen (secondary N) is 1. The van der Waals surface area contributed by atoms with Crippen LogP contribution in [0.5, 0.6) is 0 Å². The third-order valence-electron chi connectivity index (χ3n) is 3.61. The van der Waals surface area contributed by atoms with Crippen LogP contribution in [0.4, 0.5) is 0 Å². The molecule has 1 atom stereocenters. The summed E-state index contributed by atoms with van der Waals surface area (Å²) in [7, 11) is -3.22. The third-order valence-corrected chi connectivity index (χ3v) is 5.56. The number of aliphatic carboxylic acids is 1. The molecule has 0 radical (unpaired) electrons. The Balaban J connectivity index is 2.45. The minimum absolute atomic E-state index is 0.0118. The zero-order chi connectivity index (χ0) is 17.0. The molecule has 1 rings (SSSR count). The highest BCUT2D eigenvalue weighted by Crippen LogP contribution is 2.21. The number of hydrogen-bond donors (Lipinski definition) is 2. The zero-order valence-electron chi connectivity index (χ0n) is 13.5. The van der Waals surface area contributed by atoms with Crippen molar-refractivity contribution in [3.63, 3.8) is 0 Å². The Morgan fingerprint density at radius 3 is 2.41 bits per heavy atom. The summed E-state index contributed by atoms with van der Waals surface area (Å²) in [6.07, 6.45) is 1.59. The van der Waals surface area contributed by atoms with Gasteiger partial charge in [-0.15, -0.1) is 0 Å². The Morgan fingerprint density at radius 1 is 1.32 bits per heavy atom. The molecule has 0 saturated carbocycles. The summed E-state index contributed by atoms with van der Waals surface area (Å²) in [5.41, 5.74) is -0.0118. The number of amides is 1. The van der Waals surface area contributed by atoms with Gasteiger partial charge in [-0.2, -0.15) is 0 Å². The van der Waals surface area contributed by atoms with Crippen LogP contribution in [0.2, 0.25) is 0 Å². The summed E-state index contributed by atoms with van der Waals surface area (Å²) in [5.74, 6) is -1.37. The van der Waals surface area contributed by atoms with Crippen molar-refractivity contribution in [1.82, 2.24) is 9.62 Å². The second-order valence-electron chi connectivity index (χ2n) is 6.88. The third kappa shape index (κ3) is 6.31. The zero-order valence-corrected chi connectivity index (χ0v) is 14.3. The van der Waals surface area contributed by atoms with E-state index in [1.807, 2.05) is 20.8 Å². The molecule has 0 spiro atoms. The van der Waals surface area contributed by atoms with Crippen molar-refractivity contribution >= 4 is 21.9 Å². The maximum absolute atomic E-state index is 11.9. The Kier molecular flexibility index (Phi) is 6.37. The molecular formula is C14H26N2O5S. The molecule has 1 amide bonds. The summed E-state index contributed by atoms with van der Waals surface area (Å²) in [6.45, 7) is 6.56. The molecule has 0 aromatic heterocycles. The molecule has 2 N–H and O–H groups in total. The Bertz CT molecular complexity index is 510. The molecule has 128 valence electrons. The molecule has 7 nitrogen and oxygen atoms in total. The standard InChI is InChI=1S/C14H26N2O5S/c1-14(2,3)7-5-11(13(18)19)15-12(17)6-9-16-8-4-10-22(16,20)21/h11H,4-10H2,1-3H3,(H,15,17)(H,18,19). The average Bonchev–Trinajstić information content (AvgIpc) is 2.69. The number of carbonyl (C=O) groups is 2. The smallest absolute Gasteiger partial charge is 0.326 e. The van der Waals surface area contributed by atoms with Crippen molar-refractivity contribution in [3.05, 3.63) is 0 Å². The molecule has 1 saturated heterocycles. The van der Waals surface area contributed by atoms with Crippen LogP contribution in [0, 0.1) is 5.41 Å². The van der Waals surface area contributed by atoms with E-state index in [-0.39, 0.29) is 24.1 Å². The second kappa shape index (κ2) is 7.41. The molecule has 0 aromatic rings. The van der Waals surface area contributed by atoms with Crippen molar-refractivity contribution in [1.29, 1.82) is 0 Å². The van der Waals surface area contributed by atoms with Gasteiger partial charge < -0.3 is 10.4 Å². The van der Waals surface area contributed by atoms with Crippen molar-refractivity contribution in [2.45, 2.75) is 52.5 Å². The number of carboxylic acid groups (broad SMARTS) is 1. The van der Waals surface area contributed by atoms with Crippen LogP contribution in [0.1, 0.15) is 46.5 Å². The molecule has 8 heteroatoms. The Hall–Kier alpha value is -1.15. The van der Waals surface area contributed by atoms with Crippen molar-refractivity contribution in [2.24, 2.45) is 5.41 Å². The van der Waals surface area contributed by atoms with Crippen LogP contribution in [0.25, 0.3) is 0 Å². The highest BCUT2D eigenvalue weighted by molar-refractivity contribution is 7.89. The lowest BCUT2D eigenvalue weighted by atomic mass is 9.88. The molecule has 0 bridgehead atoms. The Labute approximate surface area is 132 Å². The largest absolute Gasteiger partial charge is 0.480 e. The molecule has 0 aliphatic carbocycles. The molecule has 0 aromatic carbocycles. The predicted molar refractivity (Wildman–Crippen MR) is 82.8 cm³/mol. The first-order valence-corrected chi connectivity index (χ1v) is 9.12. The van der Waals surface area contributed by atoms with E-state index in [9.17, 15) is 18.0 Å². The molecule has 1 aliphatic rings. The SMILES string of the molecule is CC(C)(C)CCC(NC(=O)CCN1CCCS1(=O)=O)C(=O)O. The van der Waals surface area contributed by atoms with Gasteiger partial charge in [0.15, 0.2) is 0 Å². The van der Waals surface area contributed by atoms with Gasteiger partial charge in [0.1, 0.15) is 6.04 Å². The van der Waals surface area contributed by atoms with E-state index in [4.69, 9.17) is 5.11 Å². The number of rotatable bonds is 7. The summed E-state index contributed by atoms with van der Waals surface area (Å²) in [4.78, 5) is 23.0. The van der Waals surface area contributed by atoms with Gasteiger partial charge in [-0.3, -0.25) is 4.79 Å². The summed E-state index contributed by atoms with van der Waals surface area (Å²) in [5, 5.41) is 11.6. The minimum atomic E-state index is -3.22. The van der Waals surface area contributed by atoms with E-state index >= 15 is 0 Å². The lowest BCUT2D eigenvalue weighted by Crippen LogP contribution is -2.42. The van der Waals surface area contributed by atoms with Gasteiger partial charge in [-0.25, -0.2) is 17.5 Å². The van der Waals surface area contributed by atoms with E-state index in [1.54, 1.807) is 0 Å². The van der Waals surface area contributed by atoms with Crippen molar-refractivity contribution in [3.8, 4) is 0 Å². The van der Waals surface area contributed by atoms with E-state index in [2.05, 4.69) is 5.32 Å². The average molecular weight is 334 g/mol. The van der Waals surface area contributed by atoms with Gasteiger partial charge in [0, 0.05) is 19.5 Å². The van der Waals surface area contributed by atoms with Crippen LogP contribution < -0.4 is 5.32 Å². The van der Waals surface area contributed by atoms with E-state index < -0.39 is 27.9 Å². The fraction of sp³-hybridized carbons (Fsp3) is 0.857. The summed E-state index contributed by atoms with van der Waals surface area (Å²) < 4.78 is 24.5. The lowest BCUT2D eigenvalue weighted by Gasteiger charge is -2.22. The minimum Gasteiger partial charge on any atom is -0.480 e. The van der Waals surface area contributed by atoms with Gasteiger partial charge in [0.05, 0.1) is 5.75 Å². The van der Waals surface area contributed by atoms with Crippen LogP contribution in [-0.2, 0) is 19.6 Å². The second-order valence-corrected chi connectivity index (χ2v) is 8.96. The van der Waals surface area contributed by atoms with Gasteiger partial charge in [0.2, 0.25) is 15.9 Å². The first-order valence-electron chi connectivity index (χ1n) is 7.51. The van der Waals surface area contributed by atoms with E-state index in [1.165, 1.54) is 4.31 Å². The molecule has 1 fully saturated rings. The van der Waals surface area contributed by atoms with Crippen LogP contribution in [-0.4, -0.2) is 54.6 Å². The maximum atomic E-state index is 11.9. The highest BCUT2D eigenvalue weighted by atomic mass is 32.2. The normalized spacial score (nSPS) is 19.8. The summed E-state index contributed by atoms with van der Waals surface area (Å²) in [6, 6.07) is -0.929. The topological polar surface area (TPSA) is 104 Å². The van der Waals surface area contributed by atoms with Crippen LogP contribution >= 0.6 is 0 Å². The summed E-state index contributed by atoms with van der Waals surface area (Å²) >= 11 is 0. The lowest BCUT2D eigenvalue weighted by molar-refractivity contribution is -0.142. The fourth-order valence-electron chi connectivity index (χ4n) is 2.27. The first-order chi connectivity index (χ1) is 10.0. The molecule has 1 heterocycles. The molecular weight excluding hydrogens is 308 g/mol. The number of hydrogen-bond acceptors (Lipinski definition) is 4.